The molecule has 0 aromatic heterocycles. The molecule has 0 radical (unpaired) electrons. The fourth-order valence-corrected chi connectivity index (χ4v) is 2.57. The van der Waals surface area contributed by atoms with Crippen LogP contribution in [-0.4, -0.2) is 45.3 Å². The van der Waals surface area contributed by atoms with Crippen molar-refractivity contribution < 1.29 is 9.47 Å². The first-order valence-corrected chi connectivity index (χ1v) is 7.67. The summed E-state index contributed by atoms with van der Waals surface area (Å²) in [5.74, 6) is 2.26. The van der Waals surface area contributed by atoms with Crippen molar-refractivity contribution in [3.05, 3.63) is 23.8 Å². The SMILES string of the molecule is CCOc1cccc(CNCC(C(C)C)N(C)C)c1OC. The van der Waals surface area contributed by atoms with Gasteiger partial charge in [0, 0.05) is 24.7 Å². The average Bonchev–Trinajstić information content (AvgIpc) is 2.43. The zero-order chi connectivity index (χ0) is 15.8. The zero-order valence-electron chi connectivity index (χ0n) is 14.3. The maximum Gasteiger partial charge on any atom is 0.165 e. The van der Waals surface area contributed by atoms with Crippen LogP contribution in [0.4, 0.5) is 0 Å². The maximum atomic E-state index is 5.61. The molecular weight excluding hydrogens is 264 g/mol. The number of benzene rings is 1. The summed E-state index contributed by atoms with van der Waals surface area (Å²) in [6, 6.07) is 6.55. The van der Waals surface area contributed by atoms with Crippen molar-refractivity contribution in [2.24, 2.45) is 5.92 Å². The summed E-state index contributed by atoms with van der Waals surface area (Å²) in [6.45, 7) is 8.86. The zero-order valence-corrected chi connectivity index (χ0v) is 14.3. The standard InChI is InChI=1S/C17H30N2O2/c1-7-21-16-10-8-9-14(17(16)20-6)11-18-12-15(13(2)3)19(4)5/h8-10,13,15,18H,7,11-12H2,1-6H3. The van der Waals surface area contributed by atoms with Crippen molar-refractivity contribution in [3.8, 4) is 11.5 Å². The summed E-state index contributed by atoms with van der Waals surface area (Å²) < 4.78 is 11.1. The molecule has 1 unspecified atom stereocenters. The molecule has 4 heteroatoms. The number of nitrogens with one attached hydrogen (secondary N) is 1. The number of nitrogens with zero attached hydrogens (tertiary/aromatic N) is 1. The maximum absolute atomic E-state index is 5.61. The molecule has 0 aliphatic carbocycles. The van der Waals surface area contributed by atoms with Crippen molar-refractivity contribution in [1.82, 2.24) is 10.2 Å². The van der Waals surface area contributed by atoms with Crippen LogP contribution in [0, 0.1) is 5.92 Å². The normalized spacial score (nSPS) is 12.8. The third-order valence-electron chi connectivity index (χ3n) is 3.67. The van der Waals surface area contributed by atoms with Crippen LogP contribution in [-0.2, 0) is 6.54 Å². The molecule has 0 spiro atoms. The molecule has 0 saturated carbocycles. The quantitative estimate of drug-likeness (QED) is 0.759. The van der Waals surface area contributed by atoms with Crippen LogP contribution >= 0.6 is 0 Å². The summed E-state index contributed by atoms with van der Waals surface area (Å²) in [4.78, 5) is 2.27. The van der Waals surface area contributed by atoms with Crippen LogP contribution in [0.2, 0.25) is 0 Å². The van der Waals surface area contributed by atoms with E-state index in [4.69, 9.17) is 9.47 Å². The molecule has 0 aliphatic heterocycles. The number of para-hydroxylation sites is 1. The van der Waals surface area contributed by atoms with Gasteiger partial charge in [0.05, 0.1) is 13.7 Å². The number of hydrogen-bond donors (Lipinski definition) is 1. The van der Waals surface area contributed by atoms with Gasteiger partial charge in [-0.3, -0.25) is 0 Å². The van der Waals surface area contributed by atoms with Crippen LogP contribution in [0.25, 0.3) is 0 Å². The third-order valence-corrected chi connectivity index (χ3v) is 3.67. The average molecular weight is 294 g/mol. The molecule has 21 heavy (non-hydrogen) atoms. The molecule has 1 aromatic carbocycles. The van der Waals surface area contributed by atoms with E-state index >= 15 is 0 Å². The molecule has 0 amide bonds. The number of ether oxygens (including phenoxy) is 2. The predicted octanol–water partition coefficient (Wildman–Crippen LogP) is 2.77. The lowest BCUT2D eigenvalue weighted by atomic mass is 10.0. The molecule has 0 fully saturated rings. The second-order valence-corrected chi connectivity index (χ2v) is 5.79. The Morgan fingerprint density at radius 2 is 1.95 bits per heavy atom. The van der Waals surface area contributed by atoms with Crippen LogP contribution < -0.4 is 14.8 Å². The summed E-state index contributed by atoms with van der Waals surface area (Å²) in [7, 11) is 5.95. The molecule has 4 nitrogen and oxygen atoms in total. The van der Waals surface area contributed by atoms with E-state index in [-0.39, 0.29) is 0 Å². The highest BCUT2D eigenvalue weighted by Gasteiger charge is 2.16. The highest BCUT2D eigenvalue weighted by Crippen LogP contribution is 2.30. The van der Waals surface area contributed by atoms with Gasteiger partial charge in [-0.05, 0) is 33.0 Å². The van der Waals surface area contributed by atoms with E-state index in [1.165, 1.54) is 0 Å². The Morgan fingerprint density at radius 1 is 1.24 bits per heavy atom. The van der Waals surface area contributed by atoms with Gasteiger partial charge < -0.3 is 19.7 Å². The largest absolute Gasteiger partial charge is 0.493 e. The Labute approximate surface area is 129 Å². The lowest BCUT2D eigenvalue weighted by molar-refractivity contribution is 0.224. The van der Waals surface area contributed by atoms with Gasteiger partial charge >= 0.3 is 0 Å². The summed E-state index contributed by atoms with van der Waals surface area (Å²) >= 11 is 0. The minimum absolute atomic E-state index is 0.520. The van der Waals surface area contributed by atoms with E-state index in [1.54, 1.807) is 7.11 Å². The second kappa shape index (κ2) is 8.90. The highest BCUT2D eigenvalue weighted by molar-refractivity contribution is 5.46. The van der Waals surface area contributed by atoms with Crippen LogP contribution in [0.1, 0.15) is 26.3 Å². The van der Waals surface area contributed by atoms with Crippen LogP contribution in [0.3, 0.4) is 0 Å². The van der Waals surface area contributed by atoms with E-state index in [1.807, 2.05) is 19.1 Å². The molecule has 0 aliphatic rings. The third kappa shape index (κ3) is 5.21. The van der Waals surface area contributed by atoms with E-state index in [0.29, 0.717) is 18.6 Å². The minimum atomic E-state index is 0.520. The van der Waals surface area contributed by atoms with Gasteiger partial charge in [0.1, 0.15) is 0 Å². The first-order chi connectivity index (χ1) is 10.0. The van der Waals surface area contributed by atoms with Crippen molar-refractivity contribution in [2.75, 3.05) is 34.4 Å². The van der Waals surface area contributed by atoms with Gasteiger partial charge in [-0.15, -0.1) is 0 Å². The molecule has 1 aromatic rings. The van der Waals surface area contributed by atoms with Crippen LogP contribution in [0.15, 0.2) is 18.2 Å². The number of rotatable bonds is 9. The predicted molar refractivity (Wildman–Crippen MR) is 88.2 cm³/mol. The first kappa shape index (κ1) is 17.8. The number of methoxy groups -OCH3 is 1. The highest BCUT2D eigenvalue weighted by atomic mass is 16.5. The Balaban J connectivity index is 2.68. The topological polar surface area (TPSA) is 33.7 Å². The minimum Gasteiger partial charge on any atom is -0.493 e. The van der Waals surface area contributed by atoms with E-state index in [2.05, 4.69) is 44.2 Å². The van der Waals surface area contributed by atoms with Crippen molar-refractivity contribution in [1.29, 1.82) is 0 Å². The molecule has 0 bridgehead atoms. The van der Waals surface area contributed by atoms with Gasteiger partial charge in [0.25, 0.3) is 0 Å². The van der Waals surface area contributed by atoms with Crippen LogP contribution in [0.5, 0.6) is 11.5 Å². The Bertz CT molecular complexity index is 411. The van der Waals surface area contributed by atoms with Crippen molar-refractivity contribution >= 4 is 0 Å². The fourth-order valence-electron chi connectivity index (χ4n) is 2.57. The smallest absolute Gasteiger partial charge is 0.165 e. The number of hydrogen-bond acceptors (Lipinski definition) is 4. The summed E-state index contributed by atoms with van der Waals surface area (Å²) in [5.41, 5.74) is 1.13. The van der Waals surface area contributed by atoms with E-state index in [0.717, 1.165) is 30.2 Å². The van der Waals surface area contributed by atoms with Gasteiger partial charge in [-0.1, -0.05) is 26.0 Å². The first-order valence-electron chi connectivity index (χ1n) is 7.67. The van der Waals surface area contributed by atoms with E-state index < -0.39 is 0 Å². The monoisotopic (exact) mass is 294 g/mol. The van der Waals surface area contributed by atoms with Gasteiger partial charge in [0.15, 0.2) is 11.5 Å². The molecule has 1 atom stereocenters. The lowest BCUT2D eigenvalue weighted by Crippen LogP contribution is -2.41. The van der Waals surface area contributed by atoms with Crippen molar-refractivity contribution in [2.45, 2.75) is 33.4 Å². The number of likely N-dealkylation sites (N-methyl/N-ethyl adjacent to an activating group) is 1. The lowest BCUT2D eigenvalue weighted by Gasteiger charge is -2.28. The van der Waals surface area contributed by atoms with Gasteiger partial charge in [-0.25, -0.2) is 0 Å². The molecule has 1 N–H and O–H groups in total. The molecule has 1 rings (SSSR count). The Hall–Kier alpha value is -1.26. The second-order valence-electron chi connectivity index (χ2n) is 5.79. The fraction of sp³-hybridized carbons (Fsp3) is 0.647. The van der Waals surface area contributed by atoms with E-state index in [9.17, 15) is 0 Å². The molecule has 0 saturated heterocycles. The molecular formula is C17H30N2O2. The summed E-state index contributed by atoms with van der Waals surface area (Å²) in [6.07, 6.45) is 0. The molecule has 120 valence electrons. The van der Waals surface area contributed by atoms with Gasteiger partial charge in [0.2, 0.25) is 0 Å². The van der Waals surface area contributed by atoms with Crippen molar-refractivity contribution in [3.63, 3.8) is 0 Å². The molecule has 0 heterocycles. The summed E-state index contributed by atoms with van der Waals surface area (Å²) in [5, 5.41) is 3.53. The Kier molecular flexibility index (Phi) is 7.54. The Morgan fingerprint density at radius 3 is 2.48 bits per heavy atom. The van der Waals surface area contributed by atoms with Gasteiger partial charge in [-0.2, -0.15) is 0 Å².